The van der Waals surface area contributed by atoms with Crippen LogP contribution in [0.25, 0.3) is 0 Å². The van der Waals surface area contributed by atoms with Crippen LogP contribution in [0.15, 0.2) is 87.1 Å². The lowest BCUT2D eigenvalue weighted by Crippen LogP contribution is -1.95. The first-order valence-corrected chi connectivity index (χ1v) is 8.58. The summed E-state index contributed by atoms with van der Waals surface area (Å²) in [6.45, 7) is 0. The monoisotopic (exact) mass is 357 g/mol. The zero-order valence-corrected chi connectivity index (χ0v) is 13.9. The van der Waals surface area contributed by atoms with E-state index in [4.69, 9.17) is 11.6 Å². The van der Waals surface area contributed by atoms with E-state index in [-0.39, 0.29) is 16.5 Å². The molecule has 0 spiro atoms. The Balaban J connectivity index is 2.23. The predicted molar refractivity (Wildman–Crippen MR) is 94.8 cm³/mol. The number of hydrogen-bond acceptors (Lipinski definition) is 4. The molecule has 0 aliphatic carbocycles. The minimum Gasteiger partial charge on any atom is -0.258 e. The molecule has 3 aromatic rings. The molecule has 3 rings (SSSR count). The van der Waals surface area contributed by atoms with Crippen molar-refractivity contribution < 1.29 is 4.92 Å². The Labute approximate surface area is 146 Å². The fourth-order valence-corrected chi connectivity index (χ4v) is 3.98. The average molecular weight is 358 g/mol. The zero-order valence-electron chi connectivity index (χ0n) is 12.4. The van der Waals surface area contributed by atoms with Gasteiger partial charge in [0.05, 0.1) is 4.92 Å². The van der Waals surface area contributed by atoms with Crippen molar-refractivity contribution in [1.82, 2.24) is 4.98 Å². The van der Waals surface area contributed by atoms with Crippen molar-refractivity contribution in [1.29, 1.82) is 0 Å². The van der Waals surface area contributed by atoms with Crippen molar-refractivity contribution in [2.45, 2.75) is 9.79 Å². The number of nitro groups is 1. The van der Waals surface area contributed by atoms with Gasteiger partial charge in [0, 0.05) is 16.0 Å². The van der Waals surface area contributed by atoms with E-state index in [9.17, 15) is 10.1 Å². The lowest BCUT2D eigenvalue weighted by Gasteiger charge is -2.09. The Hall–Kier alpha value is -2.57. The smallest absolute Gasteiger partial charge is 0.258 e. The van der Waals surface area contributed by atoms with Gasteiger partial charge in [-0.3, -0.25) is 10.1 Å². The van der Waals surface area contributed by atoms with Crippen molar-refractivity contribution in [2.75, 3.05) is 0 Å². The Bertz CT molecular complexity index is 861. The molecule has 0 aliphatic rings. The summed E-state index contributed by atoms with van der Waals surface area (Å²) in [6, 6.07) is 20.8. The number of benzene rings is 2. The zero-order chi connectivity index (χ0) is 16.9. The quantitative estimate of drug-likeness (QED) is 0.366. The van der Waals surface area contributed by atoms with Gasteiger partial charge in [-0.2, -0.15) is 0 Å². The van der Waals surface area contributed by atoms with Gasteiger partial charge >= 0.3 is 5.69 Å². The van der Waals surface area contributed by atoms with Gasteiger partial charge < -0.3 is 0 Å². The molecule has 0 N–H and O–H groups in total. The maximum absolute atomic E-state index is 11.3. The first-order chi connectivity index (χ1) is 11.7. The summed E-state index contributed by atoms with van der Waals surface area (Å²) in [5.74, 6) is 0. The maximum atomic E-state index is 11.3. The van der Waals surface area contributed by atoms with E-state index in [1.807, 2.05) is 60.7 Å². The molecule has 0 fully saturated rings. The Kier molecular flexibility index (Phi) is 4.98. The second-order valence-electron chi connectivity index (χ2n) is 4.73. The van der Waals surface area contributed by atoms with Crippen LogP contribution in [0.1, 0.15) is 0 Å². The van der Waals surface area contributed by atoms with E-state index in [2.05, 4.69) is 9.35 Å². The third kappa shape index (κ3) is 3.50. The number of aromatic nitrogens is 1. The summed E-state index contributed by atoms with van der Waals surface area (Å²) in [4.78, 5) is 16.5. The molecule has 7 heteroatoms. The summed E-state index contributed by atoms with van der Waals surface area (Å²) in [7, 11) is -0.703. The molecule has 0 atom stereocenters. The van der Waals surface area contributed by atoms with Gasteiger partial charge in [-0.1, -0.05) is 48.0 Å². The molecule has 0 saturated carbocycles. The Morgan fingerprint density at radius 1 is 0.958 bits per heavy atom. The molecular weight excluding hydrogens is 346 g/mol. The van der Waals surface area contributed by atoms with Crippen molar-refractivity contribution in [3.05, 3.63) is 88.2 Å². The lowest BCUT2D eigenvalue weighted by molar-refractivity contribution is -0.384. The maximum Gasteiger partial charge on any atom is 0.332 e. The molecule has 0 radical (unpaired) electrons. The van der Waals surface area contributed by atoms with E-state index in [1.165, 1.54) is 12.3 Å². The highest BCUT2D eigenvalue weighted by molar-refractivity contribution is 7.87. The second kappa shape index (κ2) is 7.33. The van der Waals surface area contributed by atoms with Gasteiger partial charge in [-0.15, -0.1) is 0 Å². The SMILES string of the molecule is O=[N+]([O-])c1c(N=S(c2ccccc2)c2ccccc2)ccnc1Cl. The lowest BCUT2D eigenvalue weighted by atomic mass is 10.4. The predicted octanol–water partition coefficient (Wildman–Crippen LogP) is 5.19. The number of halogens is 1. The fourth-order valence-electron chi connectivity index (χ4n) is 2.10. The Morgan fingerprint density at radius 2 is 1.50 bits per heavy atom. The van der Waals surface area contributed by atoms with Crippen LogP contribution in [0, 0.1) is 10.1 Å². The van der Waals surface area contributed by atoms with E-state index in [0.717, 1.165) is 9.79 Å². The van der Waals surface area contributed by atoms with E-state index in [1.54, 1.807) is 0 Å². The summed E-state index contributed by atoms with van der Waals surface area (Å²) in [5.41, 5.74) is -0.0560. The van der Waals surface area contributed by atoms with E-state index >= 15 is 0 Å². The van der Waals surface area contributed by atoms with Gasteiger partial charge in [0.2, 0.25) is 5.15 Å². The van der Waals surface area contributed by atoms with Crippen LogP contribution in [-0.4, -0.2) is 9.91 Å². The number of nitrogens with zero attached hydrogens (tertiary/aromatic N) is 3. The minimum absolute atomic E-state index is 0.161. The van der Waals surface area contributed by atoms with Gasteiger partial charge in [-0.25, -0.2) is 9.35 Å². The van der Waals surface area contributed by atoms with Crippen LogP contribution >= 0.6 is 11.6 Å². The molecule has 120 valence electrons. The van der Waals surface area contributed by atoms with Crippen LogP contribution in [-0.2, 0) is 10.7 Å². The third-order valence-electron chi connectivity index (χ3n) is 3.16. The molecule has 0 bridgehead atoms. The molecule has 2 aromatic carbocycles. The van der Waals surface area contributed by atoms with Crippen LogP contribution < -0.4 is 0 Å². The van der Waals surface area contributed by atoms with Crippen LogP contribution in [0.4, 0.5) is 11.4 Å². The minimum atomic E-state index is -0.703. The summed E-state index contributed by atoms with van der Waals surface area (Å²) in [5, 5.41) is 11.2. The third-order valence-corrected chi connectivity index (χ3v) is 5.26. The molecule has 24 heavy (non-hydrogen) atoms. The van der Waals surface area contributed by atoms with E-state index in [0.29, 0.717) is 0 Å². The van der Waals surface area contributed by atoms with Crippen LogP contribution in [0.3, 0.4) is 0 Å². The number of hydrogen-bond donors (Lipinski definition) is 0. The summed E-state index contributed by atoms with van der Waals surface area (Å²) in [6.07, 6.45) is 1.42. The molecule has 1 heterocycles. The van der Waals surface area contributed by atoms with Crippen molar-refractivity contribution >= 4 is 33.7 Å². The first-order valence-electron chi connectivity index (χ1n) is 7.02. The number of pyridine rings is 1. The first kappa shape index (κ1) is 16.3. The highest BCUT2D eigenvalue weighted by Gasteiger charge is 2.20. The molecule has 0 saturated heterocycles. The van der Waals surface area contributed by atoms with Gasteiger partial charge in [0.25, 0.3) is 0 Å². The topological polar surface area (TPSA) is 68.4 Å². The summed E-state index contributed by atoms with van der Waals surface area (Å²) >= 11 is 5.89. The van der Waals surface area contributed by atoms with Crippen molar-refractivity contribution in [3.8, 4) is 0 Å². The molecule has 1 aromatic heterocycles. The van der Waals surface area contributed by atoms with Gasteiger partial charge in [0.15, 0.2) is 5.69 Å². The van der Waals surface area contributed by atoms with E-state index < -0.39 is 15.6 Å². The van der Waals surface area contributed by atoms with Crippen LogP contribution in [0.2, 0.25) is 5.15 Å². The normalized spacial score (nSPS) is 10.6. The average Bonchev–Trinajstić information content (AvgIpc) is 2.61. The summed E-state index contributed by atoms with van der Waals surface area (Å²) < 4.78 is 4.64. The van der Waals surface area contributed by atoms with Crippen LogP contribution in [0.5, 0.6) is 0 Å². The Morgan fingerprint density at radius 3 is 2.00 bits per heavy atom. The molecule has 0 amide bonds. The molecule has 0 unspecified atom stereocenters. The molecular formula is C17H12ClN3O2S. The molecule has 5 nitrogen and oxygen atoms in total. The van der Waals surface area contributed by atoms with Crippen molar-refractivity contribution in [3.63, 3.8) is 0 Å². The number of rotatable bonds is 4. The molecule has 0 aliphatic heterocycles. The highest BCUT2D eigenvalue weighted by Crippen LogP contribution is 2.35. The van der Waals surface area contributed by atoms with Gasteiger partial charge in [-0.05, 0) is 41.0 Å². The second-order valence-corrected chi connectivity index (χ2v) is 6.78. The van der Waals surface area contributed by atoms with Gasteiger partial charge in [0.1, 0.15) is 0 Å². The standard InChI is InChI=1S/C17H12ClN3O2S/c18-17-16(21(22)23)15(11-12-19-17)20-24(13-7-3-1-4-8-13)14-9-5-2-6-10-14/h1-12H. The largest absolute Gasteiger partial charge is 0.332 e. The highest BCUT2D eigenvalue weighted by atomic mass is 35.5. The fraction of sp³-hybridized carbons (Fsp3) is 0. The van der Waals surface area contributed by atoms with Crippen molar-refractivity contribution in [2.24, 2.45) is 4.36 Å².